The predicted octanol–water partition coefficient (Wildman–Crippen LogP) is 0.0503. The van der Waals surface area contributed by atoms with E-state index in [2.05, 4.69) is 20.9 Å². The van der Waals surface area contributed by atoms with Crippen molar-refractivity contribution < 1.29 is 28.2 Å². The summed E-state index contributed by atoms with van der Waals surface area (Å²) in [6, 6.07) is -0.531. The number of sulfonamides is 1. The highest BCUT2D eigenvalue weighted by Crippen LogP contribution is 2.14. The summed E-state index contributed by atoms with van der Waals surface area (Å²) in [7, 11) is -4.16. The molecule has 0 aliphatic rings. The van der Waals surface area contributed by atoms with Crippen molar-refractivity contribution in [3.05, 3.63) is 22.9 Å². The van der Waals surface area contributed by atoms with Crippen molar-refractivity contribution in [2.24, 2.45) is 0 Å². The molecule has 1 aromatic heterocycles. The number of carboxylic acid groups (broad SMARTS) is 2. The standard InChI is InChI=1S/C9H9BrN2O6S/c10-5-1-6(4-11-3-5)19(17,18)12-7(9(15)16)2-8(13)14/h1,3-4,7,12H,2H2,(H,13,14)(H,15,16)/t7-/m1/s1. The molecule has 8 nitrogen and oxygen atoms in total. The number of pyridine rings is 1. The van der Waals surface area contributed by atoms with Crippen LogP contribution in [0.2, 0.25) is 0 Å². The lowest BCUT2D eigenvalue weighted by Crippen LogP contribution is -2.42. The molecular formula is C9H9BrN2O6S. The number of nitrogens with one attached hydrogen (secondary N) is 1. The molecule has 0 spiro atoms. The minimum atomic E-state index is -4.16. The molecule has 0 radical (unpaired) electrons. The maximum absolute atomic E-state index is 11.9. The van der Waals surface area contributed by atoms with E-state index in [1.165, 1.54) is 12.3 Å². The molecular weight excluding hydrogens is 344 g/mol. The topological polar surface area (TPSA) is 134 Å². The monoisotopic (exact) mass is 352 g/mol. The van der Waals surface area contributed by atoms with Crippen LogP contribution < -0.4 is 4.72 Å². The molecule has 0 saturated carbocycles. The lowest BCUT2D eigenvalue weighted by atomic mass is 10.2. The summed E-state index contributed by atoms with van der Waals surface area (Å²) in [5.74, 6) is -3.00. The van der Waals surface area contributed by atoms with Crippen molar-refractivity contribution in [2.45, 2.75) is 17.4 Å². The van der Waals surface area contributed by atoms with Gasteiger partial charge in [0, 0.05) is 16.9 Å². The third-order valence-corrected chi connectivity index (χ3v) is 3.84. The number of hydrogen-bond acceptors (Lipinski definition) is 5. The molecule has 104 valence electrons. The van der Waals surface area contributed by atoms with Gasteiger partial charge in [0.2, 0.25) is 10.0 Å². The molecule has 1 heterocycles. The molecule has 1 rings (SSSR count). The van der Waals surface area contributed by atoms with Crippen LogP contribution >= 0.6 is 15.9 Å². The summed E-state index contributed by atoms with van der Waals surface area (Å²) >= 11 is 3.02. The zero-order chi connectivity index (χ0) is 14.6. The van der Waals surface area contributed by atoms with Gasteiger partial charge in [-0.15, -0.1) is 0 Å². The Labute approximate surface area is 116 Å². The van der Waals surface area contributed by atoms with Gasteiger partial charge in [-0.1, -0.05) is 0 Å². The minimum Gasteiger partial charge on any atom is -0.481 e. The second-order valence-electron chi connectivity index (χ2n) is 3.45. The van der Waals surface area contributed by atoms with E-state index in [9.17, 15) is 18.0 Å². The van der Waals surface area contributed by atoms with Crippen molar-refractivity contribution >= 4 is 37.9 Å². The lowest BCUT2D eigenvalue weighted by Gasteiger charge is -2.12. The van der Waals surface area contributed by atoms with Gasteiger partial charge < -0.3 is 10.2 Å². The van der Waals surface area contributed by atoms with Crippen LogP contribution in [0.4, 0.5) is 0 Å². The molecule has 19 heavy (non-hydrogen) atoms. The summed E-state index contributed by atoms with van der Waals surface area (Å²) in [6.07, 6.45) is 1.51. The summed E-state index contributed by atoms with van der Waals surface area (Å²) in [6.45, 7) is 0. The van der Waals surface area contributed by atoms with Crippen molar-refractivity contribution in [1.29, 1.82) is 0 Å². The Hall–Kier alpha value is -1.52. The molecule has 10 heteroatoms. The maximum atomic E-state index is 11.9. The van der Waals surface area contributed by atoms with Gasteiger partial charge in [-0.3, -0.25) is 14.6 Å². The smallest absolute Gasteiger partial charge is 0.322 e. The molecule has 0 saturated heterocycles. The van der Waals surface area contributed by atoms with Crippen LogP contribution in [0.25, 0.3) is 0 Å². The Kier molecular flexibility index (Phi) is 4.97. The number of aliphatic carboxylic acids is 2. The molecule has 0 bridgehead atoms. The van der Waals surface area contributed by atoms with Gasteiger partial charge >= 0.3 is 11.9 Å². The van der Waals surface area contributed by atoms with Crippen molar-refractivity contribution in [3.8, 4) is 0 Å². The average Bonchev–Trinajstić information content (AvgIpc) is 2.27. The van der Waals surface area contributed by atoms with Gasteiger partial charge in [0.1, 0.15) is 10.9 Å². The molecule has 0 aromatic carbocycles. The molecule has 0 unspecified atom stereocenters. The van der Waals surface area contributed by atoms with Crippen molar-refractivity contribution in [3.63, 3.8) is 0 Å². The van der Waals surface area contributed by atoms with E-state index in [-0.39, 0.29) is 4.90 Å². The minimum absolute atomic E-state index is 0.265. The van der Waals surface area contributed by atoms with Crippen molar-refractivity contribution in [2.75, 3.05) is 0 Å². The fourth-order valence-corrected chi connectivity index (χ4v) is 2.84. The molecule has 0 fully saturated rings. The quantitative estimate of drug-likeness (QED) is 0.658. The Morgan fingerprint density at radius 3 is 2.47 bits per heavy atom. The first kappa shape index (κ1) is 15.5. The van der Waals surface area contributed by atoms with Crippen LogP contribution in [-0.4, -0.2) is 41.6 Å². The number of aromatic nitrogens is 1. The summed E-state index contributed by atoms with van der Waals surface area (Å²) in [5.41, 5.74) is 0. The van der Waals surface area contributed by atoms with Gasteiger partial charge in [0.15, 0.2) is 0 Å². The normalized spacial score (nSPS) is 12.9. The summed E-state index contributed by atoms with van der Waals surface area (Å²) < 4.78 is 25.9. The van der Waals surface area contributed by atoms with E-state index in [0.717, 1.165) is 6.20 Å². The average molecular weight is 353 g/mol. The summed E-state index contributed by atoms with van der Waals surface area (Å²) in [4.78, 5) is 24.6. The van der Waals surface area contributed by atoms with Crippen LogP contribution in [0.5, 0.6) is 0 Å². The molecule has 0 aliphatic heterocycles. The number of hydrogen-bond donors (Lipinski definition) is 3. The molecule has 1 aromatic rings. The van der Waals surface area contributed by atoms with Gasteiger partial charge in [-0.25, -0.2) is 8.42 Å². The number of halogens is 1. The molecule has 0 amide bonds. The van der Waals surface area contributed by atoms with Gasteiger partial charge in [0.05, 0.1) is 6.42 Å². The molecule has 0 aliphatic carbocycles. The van der Waals surface area contributed by atoms with Crippen LogP contribution in [0.15, 0.2) is 27.8 Å². The first-order chi connectivity index (χ1) is 8.72. The van der Waals surface area contributed by atoms with Crippen LogP contribution in [0, 0.1) is 0 Å². The fraction of sp³-hybridized carbons (Fsp3) is 0.222. The predicted molar refractivity (Wildman–Crippen MR) is 65.9 cm³/mol. The highest BCUT2D eigenvalue weighted by atomic mass is 79.9. The summed E-state index contributed by atoms with van der Waals surface area (Å²) in [5, 5.41) is 17.3. The maximum Gasteiger partial charge on any atom is 0.322 e. The largest absolute Gasteiger partial charge is 0.481 e. The first-order valence-electron chi connectivity index (χ1n) is 4.80. The Balaban J connectivity index is 3.00. The SMILES string of the molecule is O=C(O)C[C@@H](NS(=O)(=O)c1cncc(Br)c1)C(=O)O. The zero-order valence-corrected chi connectivity index (χ0v) is 11.7. The van der Waals surface area contributed by atoms with Gasteiger partial charge in [0.25, 0.3) is 0 Å². The van der Waals surface area contributed by atoms with E-state index in [1.807, 2.05) is 0 Å². The Morgan fingerprint density at radius 2 is 2.00 bits per heavy atom. The number of nitrogens with zero attached hydrogens (tertiary/aromatic N) is 1. The zero-order valence-electron chi connectivity index (χ0n) is 9.28. The van der Waals surface area contributed by atoms with Crippen LogP contribution in [0.3, 0.4) is 0 Å². The Morgan fingerprint density at radius 1 is 1.37 bits per heavy atom. The highest BCUT2D eigenvalue weighted by Gasteiger charge is 2.27. The fourth-order valence-electron chi connectivity index (χ4n) is 1.15. The molecule has 3 N–H and O–H groups in total. The van der Waals surface area contributed by atoms with Crippen LogP contribution in [-0.2, 0) is 19.6 Å². The highest BCUT2D eigenvalue weighted by molar-refractivity contribution is 9.10. The lowest BCUT2D eigenvalue weighted by molar-refractivity contribution is -0.145. The molecule has 1 atom stereocenters. The number of carboxylic acids is 2. The third kappa shape index (κ3) is 4.58. The van der Waals surface area contributed by atoms with E-state index in [1.54, 1.807) is 4.72 Å². The van der Waals surface area contributed by atoms with Crippen LogP contribution in [0.1, 0.15) is 6.42 Å². The second-order valence-corrected chi connectivity index (χ2v) is 6.08. The second kappa shape index (κ2) is 6.08. The van der Waals surface area contributed by atoms with E-state index in [0.29, 0.717) is 4.47 Å². The van der Waals surface area contributed by atoms with Gasteiger partial charge in [-0.2, -0.15) is 4.72 Å². The van der Waals surface area contributed by atoms with E-state index < -0.39 is 34.4 Å². The number of carbonyl (C=O) groups is 2. The van der Waals surface area contributed by atoms with Crippen molar-refractivity contribution in [1.82, 2.24) is 9.71 Å². The third-order valence-electron chi connectivity index (χ3n) is 1.96. The van der Waals surface area contributed by atoms with E-state index >= 15 is 0 Å². The number of rotatable bonds is 6. The first-order valence-corrected chi connectivity index (χ1v) is 7.07. The van der Waals surface area contributed by atoms with E-state index in [4.69, 9.17) is 10.2 Å². The Bertz CT molecular complexity index is 602. The van der Waals surface area contributed by atoms with Gasteiger partial charge in [-0.05, 0) is 22.0 Å².